The summed E-state index contributed by atoms with van der Waals surface area (Å²) in [7, 11) is 3.55. The number of fused-ring (bicyclic) bond motifs is 3. The third kappa shape index (κ3) is 30.7. The zero-order chi connectivity index (χ0) is 72.3. The fourth-order valence-electron chi connectivity index (χ4n) is 11.6. The number of likely N-dealkylation sites (N-methyl/N-ethyl adjacent to an activating group) is 1. The molecule has 31 nitrogen and oxygen atoms in total. The highest BCUT2D eigenvalue weighted by Gasteiger charge is 2.48. The number of carbonyl (C=O) groups is 6. The van der Waals surface area contributed by atoms with Crippen molar-refractivity contribution in [2.24, 2.45) is 5.73 Å². The molecule has 0 saturated carbocycles. The number of primary amides is 1. The molecule has 3 aromatic carbocycles. The molecule has 2 aliphatic heterocycles. The van der Waals surface area contributed by atoms with Gasteiger partial charge in [-0.15, -0.1) is 0 Å². The fraction of sp³-hybridized carbons (Fsp3) is 0.657. The lowest BCUT2D eigenvalue weighted by molar-refractivity contribution is -0.941. The van der Waals surface area contributed by atoms with E-state index in [0.29, 0.717) is 177 Å². The Morgan fingerprint density at radius 2 is 1.09 bits per heavy atom. The molecule has 31 heteroatoms. The van der Waals surface area contributed by atoms with Crippen LogP contribution < -0.4 is 31.7 Å². The number of anilines is 1. The number of hydrogen-bond donors (Lipinski definition) is 9. The number of nitrogens with two attached hydrogens (primary N) is 1. The number of amides is 5. The van der Waals surface area contributed by atoms with Crippen LogP contribution in [0.2, 0.25) is 0 Å². The van der Waals surface area contributed by atoms with Crippen molar-refractivity contribution in [3.63, 3.8) is 0 Å². The molecule has 2 fully saturated rings. The number of alkyl carbamates (subject to hydrolysis) is 1. The van der Waals surface area contributed by atoms with E-state index in [4.69, 9.17) is 76.8 Å². The molecule has 8 atom stereocenters. The highest BCUT2D eigenvalue weighted by atomic mass is 16.7. The number of aliphatic hydroxyl groups excluding tert-OH is 3. The van der Waals surface area contributed by atoms with Crippen molar-refractivity contribution in [3.8, 4) is 16.9 Å². The number of methoxy groups -OCH3 is 1. The molecule has 0 bridgehead atoms. The second-order valence-corrected chi connectivity index (χ2v) is 24.4. The Morgan fingerprint density at radius 3 is 1.59 bits per heavy atom. The first-order chi connectivity index (χ1) is 49.1. The van der Waals surface area contributed by atoms with Gasteiger partial charge in [0.15, 0.2) is 12.1 Å². The van der Waals surface area contributed by atoms with E-state index in [1.165, 1.54) is 6.07 Å². The van der Waals surface area contributed by atoms with Gasteiger partial charge in [-0.2, -0.15) is 0 Å². The van der Waals surface area contributed by atoms with Gasteiger partial charge in [0.2, 0.25) is 24.0 Å². The minimum Gasteiger partial charge on any atom is -0.479 e. The van der Waals surface area contributed by atoms with Gasteiger partial charge in [0.25, 0.3) is 5.91 Å². The van der Waals surface area contributed by atoms with Gasteiger partial charge in [0, 0.05) is 50.9 Å². The Bertz CT molecular complexity index is 2860. The molecule has 1 aliphatic carbocycles. The number of aliphatic carboxylic acids is 1. The zero-order valence-electron chi connectivity index (χ0n) is 58.3. The number of nitrogens with one attached hydrogen (secondary N) is 4. The Hall–Kier alpha value is -6.60. The van der Waals surface area contributed by atoms with E-state index in [1.54, 1.807) is 19.2 Å². The van der Waals surface area contributed by atoms with Gasteiger partial charge in [-0.25, -0.2) is 9.59 Å². The largest absolute Gasteiger partial charge is 0.479 e. The minimum absolute atomic E-state index is 0.00603. The van der Waals surface area contributed by atoms with Crippen LogP contribution in [0.25, 0.3) is 11.1 Å². The second kappa shape index (κ2) is 48.4. The first-order valence-electron chi connectivity index (χ1n) is 34.8. The number of quaternary nitrogens is 1. The lowest BCUT2D eigenvalue weighted by Crippen LogP contribution is -2.61. The summed E-state index contributed by atoms with van der Waals surface area (Å²) in [5.74, 6) is -3.87. The number of carboxylic acid groups (broad SMARTS) is 1. The monoisotopic (exact) mass is 1430 g/mol. The molecule has 0 spiro atoms. The van der Waals surface area contributed by atoms with Crippen molar-refractivity contribution in [1.82, 2.24) is 16.0 Å². The number of nitrogens with zero attached hydrogens (tertiary/aromatic N) is 1. The molecule has 2 heterocycles. The molecule has 10 N–H and O–H groups in total. The van der Waals surface area contributed by atoms with Crippen LogP contribution in [-0.4, -0.2) is 296 Å². The molecule has 101 heavy (non-hydrogen) atoms. The van der Waals surface area contributed by atoms with Crippen LogP contribution in [-0.2, 0) is 96.8 Å². The van der Waals surface area contributed by atoms with Crippen LogP contribution in [0.15, 0.2) is 66.7 Å². The van der Waals surface area contributed by atoms with Crippen molar-refractivity contribution in [2.45, 2.75) is 107 Å². The number of hydrogen-bond acceptors (Lipinski definition) is 24. The molecule has 0 radical (unpaired) electrons. The summed E-state index contributed by atoms with van der Waals surface area (Å²) in [6.45, 7) is 11.0. The SMILES string of the molecule is COCCOCCOCCOCCOCCOCCOCCOCCOCCOCCOCCOCCC(=O)NCCCC[C@H](NC(=O)OCC1c2ccccc2-c2ccccc21)C(=O)NCCC(=O)Nc1cc(C[N+]2(C)CCCC[C@@H]2C(N)=O)ccc1O[C@@H]1O[C@H](C(=O)O)[C@@H](O)[C@H](O)[C@H]1O. The lowest BCUT2D eigenvalue weighted by Gasteiger charge is -2.43. The van der Waals surface area contributed by atoms with Gasteiger partial charge in [0.1, 0.15) is 43.3 Å². The first kappa shape index (κ1) is 83.3. The van der Waals surface area contributed by atoms with Crippen LogP contribution in [0.5, 0.6) is 5.75 Å². The summed E-state index contributed by atoms with van der Waals surface area (Å²) in [6, 6.07) is 18.9. The van der Waals surface area contributed by atoms with Crippen LogP contribution >= 0.6 is 0 Å². The van der Waals surface area contributed by atoms with E-state index in [9.17, 15) is 49.2 Å². The summed E-state index contributed by atoms with van der Waals surface area (Å²) in [5, 5.41) is 52.3. The number of unbranched alkanes of at least 4 members (excludes halogenated alkanes) is 1. The Balaban J connectivity index is 0.834. The molecule has 6 rings (SSSR count). The van der Waals surface area contributed by atoms with Crippen molar-refractivity contribution < 1.29 is 125 Å². The average Bonchev–Trinajstić information content (AvgIpc) is 1.66. The Morgan fingerprint density at radius 1 is 0.584 bits per heavy atom. The van der Waals surface area contributed by atoms with E-state index in [1.807, 2.05) is 55.6 Å². The zero-order valence-corrected chi connectivity index (χ0v) is 58.3. The summed E-state index contributed by atoms with van der Waals surface area (Å²) >= 11 is 0. The number of benzene rings is 3. The summed E-state index contributed by atoms with van der Waals surface area (Å²) in [5.41, 5.74) is 10.6. The molecule has 1 unspecified atom stereocenters. The van der Waals surface area contributed by atoms with Gasteiger partial charge >= 0.3 is 12.1 Å². The van der Waals surface area contributed by atoms with Gasteiger partial charge in [0.05, 0.1) is 171 Å². The van der Waals surface area contributed by atoms with Crippen LogP contribution in [0, 0.1) is 0 Å². The molecular weight excluding hydrogens is 1320 g/mol. The summed E-state index contributed by atoms with van der Waals surface area (Å²) in [4.78, 5) is 78.5. The number of carboxylic acids is 1. The summed E-state index contributed by atoms with van der Waals surface area (Å²) in [6.07, 6.45) is -7.40. The number of likely N-dealkylation sites (tertiary alicyclic amines) is 1. The van der Waals surface area contributed by atoms with Crippen LogP contribution in [0.1, 0.15) is 74.0 Å². The van der Waals surface area contributed by atoms with Gasteiger partial charge < -0.3 is 123 Å². The second-order valence-electron chi connectivity index (χ2n) is 24.4. The van der Waals surface area contributed by atoms with Gasteiger partial charge in [-0.1, -0.05) is 48.5 Å². The number of piperidine rings is 1. The van der Waals surface area contributed by atoms with Crippen molar-refractivity contribution >= 4 is 41.4 Å². The third-order valence-electron chi connectivity index (χ3n) is 16.9. The normalized spacial score (nSPS) is 19.8. The number of ether oxygens (including phenoxy) is 15. The molecule has 3 aromatic rings. The minimum atomic E-state index is -1.98. The molecule has 3 aliphatic rings. The molecule has 2 saturated heterocycles. The highest BCUT2D eigenvalue weighted by molar-refractivity contribution is 5.93. The fourth-order valence-corrected chi connectivity index (χ4v) is 11.6. The maximum absolute atomic E-state index is 14.0. The molecule has 5 amide bonds. The average molecular weight is 1430 g/mol. The van der Waals surface area contributed by atoms with E-state index in [2.05, 4.69) is 21.3 Å². The molecule has 0 aromatic heterocycles. The smallest absolute Gasteiger partial charge is 0.407 e. The number of aliphatic hydroxyl groups is 3. The topological polar surface area (TPSA) is 396 Å². The standard InChI is InChI=1S/C70H106N6O25/c1-76(23-10-8-16-58(76)66(71)82)48-50-17-18-59(100-69-64(81)62(79)63(80)65(101-69)68(84)85)57(47-50)74-61(78)19-22-73-67(83)56(75-70(86)99-49-55-53-13-5-3-11-51(53)52-12-4-6-14-54(52)55)15-7-9-21-72-60(77)20-24-88-27-28-90-31-32-92-35-36-94-39-40-96-43-44-98-46-45-97-42-41-95-38-37-93-34-33-91-30-29-89-26-25-87-2/h3-6,11-14,17-18,47,55-56,58,62-65,69,79-81H,7-10,15-16,19-46,48-49H2,1-2H3,(H6-,71,72,73,74,75,77,78,82,83,84,85,86)/p+1/t56-,58+,62-,63-,64+,65-,69+,76?/m0/s1. The maximum Gasteiger partial charge on any atom is 0.407 e. The highest BCUT2D eigenvalue weighted by Crippen LogP contribution is 2.44. The van der Waals surface area contributed by atoms with E-state index >= 15 is 0 Å². The van der Waals surface area contributed by atoms with E-state index in [-0.39, 0.29) is 79.9 Å². The lowest BCUT2D eigenvalue weighted by atomic mass is 9.97. The molecule has 566 valence electrons. The molecular formula is C70H107N6O25+. The quantitative estimate of drug-likeness (QED) is 0.0287. The van der Waals surface area contributed by atoms with E-state index in [0.717, 1.165) is 35.1 Å². The first-order valence-corrected chi connectivity index (χ1v) is 34.8. The van der Waals surface area contributed by atoms with Crippen LogP contribution in [0.3, 0.4) is 0 Å². The van der Waals surface area contributed by atoms with Gasteiger partial charge in [-0.3, -0.25) is 19.2 Å². The Labute approximate surface area is 590 Å². The van der Waals surface area contributed by atoms with Crippen molar-refractivity contribution in [3.05, 3.63) is 83.4 Å². The van der Waals surface area contributed by atoms with E-state index < -0.39 is 72.6 Å². The van der Waals surface area contributed by atoms with Gasteiger partial charge in [-0.05, 0) is 72.6 Å². The maximum atomic E-state index is 14.0. The van der Waals surface area contributed by atoms with Crippen molar-refractivity contribution in [1.29, 1.82) is 0 Å². The number of rotatable bonds is 55. The predicted octanol–water partition coefficient (Wildman–Crippen LogP) is 1.80. The predicted molar refractivity (Wildman–Crippen MR) is 364 cm³/mol. The summed E-state index contributed by atoms with van der Waals surface area (Å²) < 4.78 is 82.8. The number of carbonyl (C=O) groups excluding carboxylic acids is 5. The van der Waals surface area contributed by atoms with Crippen LogP contribution in [0.4, 0.5) is 10.5 Å². The third-order valence-corrected chi connectivity index (χ3v) is 16.9. The Kier molecular flexibility index (Phi) is 39.9. The van der Waals surface area contributed by atoms with Crippen molar-refractivity contribution in [2.75, 3.05) is 198 Å².